The van der Waals surface area contributed by atoms with Crippen LogP contribution in [0.15, 0.2) is 48.5 Å². The van der Waals surface area contributed by atoms with Crippen LogP contribution < -0.4 is 0 Å². The maximum absolute atomic E-state index is 10.7. The van der Waals surface area contributed by atoms with Crippen molar-refractivity contribution in [2.75, 3.05) is 13.6 Å². The van der Waals surface area contributed by atoms with E-state index in [4.69, 9.17) is 0 Å². The lowest BCUT2D eigenvalue weighted by Crippen LogP contribution is -2.33. The van der Waals surface area contributed by atoms with E-state index in [1.165, 1.54) is 11.1 Å². The average Bonchev–Trinajstić information content (AvgIpc) is 2.97. The summed E-state index contributed by atoms with van der Waals surface area (Å²) < 4.78 is 0. The highest BCUT2D eigenvalue weighted by Crippen LogP contribution is 2.24. The Morgan fingerprint density at radius 2 is 1.68 bits per heavy atom. The Balaban J connectivity index is 1.55. The van der Waals surface area contributed by atoms with Gasteiger partial charge in [0.2, 0.25) is 0 Å². The van der Waals surface area contributed by atoms with Gasteiger partial charge in [-0.3, -0.25) is 10.1 Å². The molecule has 0 aliphatic heterocycles. The molecule has 22 heavy (non-hydrogen) atoms. The van der Waals surface area contributed by atoms with Crippen molar-refractivity contribution in [3.05, 3.63) is 75.3 Å². The van der Waals surface area contributed by atoms with Gasteiger partial charge >= 0.3 is 0 Å². The second-order valence-electron chi connectivity index (χ2n) is 5.98. The van der Waals surface area contributed by atoms with Crippen LogP contribution in [0.25, 0.3) is 0 Å². The first kappa shape index (κ1) is 14.7. The summed E-state index contributed by atoms with van der Waals surface area (Å²) >= 11 is 0. The second kappa shape index (κ2) is 6.28. The molecule has 0 aromatic heterocycles. The average molecular weight is 296 g/mol. The highest BCUT2D eigenvalue weighted by Gasteiger charge is 2.23. The van der Waals surface area contributed by atoms with Gasteiger partial charge in [0.05, 0.1) is 4.92 Å². The van der Waals surface area contributed by atoms with E-state index < -0.39 is 0 Å². The summed E-state index contributed by atoms with van der Waals surface area (Å²) in [6, 6.07) is 16.1. The standard InChI is InChI=1S/C18H20N2O2/c1-19(18-12-15-4-2-3-5-16(15)13-18)11-10-14-6-8-17(9-7-14)20(21)22/h2-9,18H,10-13H2,1H3. The van der Waals surface area contributed by atoms with E-state index >= 15 is 0 Å². The quantitative estimate of drug-likeness (QED) is 0.628. The maximum Gasteiger partial charge on any atom is 0.269 e. The normalized spacial score (nSPS) is 14.3. The topological polar surface area (TPSA) is 46.4 Å². The molecule has 2 aromatic rings. The molecule has 0 radical (unpaired) electrons. The largest absolute Gasteiger partial charge is 0.302 e. The van der Waals surface area contributed by atoms with E-state index in [0.29, 0.717) is 6.04 Å². The Hall–Kier alpha value is -2.20. The fourth-order valence-electron chi connectivity index (χ4n) is 3.12. The van der Waals surface area contributed by atoms with E-state index in [0.717, 1.165) is 31.4 Å². The molecule has 0 atom stereocenters. The van der Waals surface area contributed by atoms with Crippen LogP contribution in [0.4, 0.5) is 5.69 Å². The third-order valence-electron chi connectivity index (χ3n) is 4.55. The molecular weight excluding hydrogens is 276 g/mol. The molecular formula is C18H20N2O2. The van der Waals surface area contributed by atoms with Crippen molar-refractivity contribution in [1.29, 1.82) is 0 Å². The molecule has 2 aromatic carbocycles. The number of nitro benzene ring substituents is 1. The SMILES string of the molecule is CN(CCc1ccc([N+](=O)[O-])cc1)C1Cc2ccccc2C1. The van der Waals surface area contributed by atoms with E-state index in [1.807, 2.05) is 12.1 Å². The van der Waals surface area contributed by atoms with E-state index in [1.54, 1.807) is 12.1 Å². The van der Waals surface area contributed by atoms with E-state index in [-0.39, 0.29) is 10.6 Å². The molecule has 0 fully saturated rings. The van der Waals surface area contributed by atoms with Crippen molar-refractivity contribution >= 4 is 5.69 Å². The number of hydrogen-bond acceptors (Lipinski definition) is 3. The Kier molecular flexibility index (Phi) is 4.20. The minimum atomic E-state index is -0.356. The lowest BCUT2D eigenvalue weighted by Gasteiger charge is -2.24. The number of likely N-dealkylation sites (N-methyl/N-ethyl adjacent to an activating group) is 1. The number of nitro groups is 1. The Labute approximate surface area is 130 Å². The van der Waals surface area contributed by atoms with Crippen LogP contribution in [0.5, 0.6) is 0 Å². The first-order valence-corrected chi connectivity index (χ1v) is 7.64. The number of nitrogens with zero attached hydrogens (tertiary/aromatic N) is 2. The summed E-state index contributed by atoms with van der Waals surface area (Å²) in [6.07, 6.45) is 3.15. The fraction of sp³-hybridized carbons (Fsp3) is 0.333. The van der Waals surface area contributed by atoms with Crippen LogP contribution in [0.3, 0.4) is 0 Å². The zero-order valence-corrected chi connectivity index (χ0v) is 12.7. The maximum atomic E-state index is 10.7. The predicted octanol–water partition coefficient (Wildman–Crippen LogP) is 3.24. The minimum absolute atomic E-state index is 0.156. The summed E-state index contributed by atoms with van der Waals surface area (Å²) in [6.45, 7) is 0.969. The lowest BCUT2D eigenvalue weighted by molar-refractivity contribution is -0.384. The smallest absolute Gasteiger partial charge is 0.269 e. The monoisotopic (exact) mass is 296 g/mol. The Morgan fingerprint density at radius 1 is 1.09 bits per heavy atom. The van der Waals surface area contributed by atoms with Gasteiger partial charge in [-0.15, -0.1) is 0 Å². The second-order valence-corrected chi connectivity index (χ2v) is 5.98. The van der Waals surface area contributed by atoms with Gasteiger partial charge in [0, 0.05) is 24.7 Å². The summed E-state index contributed by atoms with van der Waals surface area (Å²) in [7, 11) is 2.17. The van der Waals surface area contributed by atoms with Gasteiger partial charge in [-0.25, -0.2) is 0 Å². The molecule has 0 heterocycles. The molecule has 0 spiro atoms. The first-order chi connectivity index (χ1) is 10.6. The molecule has 114 valence electrons. The predicted molar refractivity (Wildman–Crippen MR) is 87.1 cm³/mol. The van der Waals surface area contributed by atoms with Crippen molar-refractivity contribution in [2.24, 2.45) is 0 Å². The van der Waals surface area contributed by atoms with Gasteiger partial charge in [-0.2, -0.15) is 0 Å². The van der Waals surface area contributed by atoms with Crippen LogP contribution in [-0.4, -0.2) is 29.5 Å². The number of non-ortho nitro benzene ring substituents is 1. The third kappa shape index (κ3) is 3.17. The van der Waals surface area contributed by atoms with Gasteiger partial charge in [-0.05, 0) is 43.0 Å². The number of fused-ring (bicyclic) bond motifs is 1. The first-order valence-electron chi connectivity index (χ1n) is 7.64. The molecule has 0 bridgehead atoms. The number of hydrogen-bond donors (Lipinski definition) is 0. The van der Waals surface area contributed by atoms with Crippen LogP contribution in [0.1, 0.15) is 16.7 Å². The highest BCUT2D eigenvalue weighted by atomic mass is 16.6. The molecule has 4 heteroatoms. The molecule has 0 N–H and O–H groups in total. The van der Waals surface area contributed by atoms with Crippen molar-refractivity contribution in [3.63, 3.8) is 0 Å². The van der Waals surface area contributed by atoms with Gasteiger partial charge in [0.15, 0.2) is 0 Å². The van der Waals surface area contributed by atoms with Crippen LogP contribution >= 0.6 is 0 Å². The minimum Gasteiger partial charge on any atom is -0.302 e. The fourth-order valence-corrected chi connectivity index (χ4v) is 3.12. The molecule has 3 rings (SSSR count). The molecule has 0 amide bonds. The lowest BCUT2D eigenvalue weighted by atomic mass is 10.1. The van der Waals surface area contributed by atoms with Crippen molar-refractivity contribution in [2.45, 2.75) is 25.3 Å². The highest BCUT2D eigenvalue weighted by molar-refractivity contribution is 5.34. The summed E-state index contributed by atoms with van der Waals surface area (Å²) in [4.78, 5) is 12.7. The van der Waals surface area contributed by atoms with Gasteiger partial charge in [0.1, 0.15) is 0 Å². The van der Waals surface area contributed by atoms with E-state index in [9.17, 15) is 10.1 Å². The van der Waals surface area contributed by atoms with Gasteiger partial charge < -0.3 is 4.90 Å². The Morgan fingerprint density at radius 3 is 2.23 bits per heavy atom. The molecule has 0 saturated heterocycles. The number of rotatable bonds is 5. The summed E-state index contributed by atoms with van der Waals surface area (Å²) in [5, 5.41) is 10.7. The summed E-state index contributed by atoms with van der Waals surface area (Å²) in [5.74, 6) is 0. The zero-order valence-electron chi connectivity index (χ0n) is 12.7. The molecule has 0 saturated carbocycles. The summed E-state index contributed by atoms with van der Waals surface area (Å²) in [5.41, 5.74) is 4.24. The molecule has 1 aliphatic carbocycles. The van der Waals surface area contributed by atoms with Crippen molar-refractivity contribution < 1.29 is 4.92 Å². The van der Waals surface area contributed by atoms with Crippen LogP contribution in [-0.2, 0) is 19.3 Å². The van der Waals surface area contributed by atoms with E-state index in [2.05, 4.69) is 36.2 Å². The number of benzene rings is 2. The van der Waals surface area contributed by atoms with Gasteiger partial charge in [0.25, 0.3) is 5.69 Å². The van der Waals surface area contributed by atoms with Crippen molar-refractivity contribution in [1.82, 2.24) is 4.90 Å². The molecule has 4 nitrogen and oxygen atoms in total. The van der Waals surface area contributed by atoms with Crippen molar-refractivity contribution in [3.8, 4) is 0 Å². The zero-order chi connectivity index (χ0) is 15.5. The van der Waals surface area contributed by atoms with Crippen LogP contribution in [0, 0.1) is 10.1 Å². The Bertz CT molecular complexity index is 642. The van der Waals surface area contributed by atoms with Crippen LogP contribution in [0.2, 0.25) is 0 Å². The third-order valence-corrected chi connectivity index (χ3v) is 4.55. The molecule has 0 unspecified atom stereocenters. The molecule has 1 aliphatic rings. The van der Waals surface area contributed by atoms with Gasteiger partial charge in [-0.1, -0.05) is 36.4 Å².